The number of rotatable bonds is 1. The van der Waals surface area contributed by atoms with Crippen LogP contribution in [-0.2, 0) is 4.79 Å². The molecule has 4 heteroatoms. The van der Waals surface area contributed by atoms with Crippen LogP contribution in [-0.4, -0.2) is 31.0 Å². The predicted molar refractivity (Wildman–Crippen MR) is 26.0 cm³/mol. The average Bonchev–Trinajstić information content (AvgIpc) is 1.57. The van der Waals surface area contributed by atoms with Crippen LogP contribution >= 0.6 is 0 Å². The number of hydrogen-bond donors (Lipinski definition) is 0. The van der Waals surface area contributed by atoms with Gasteiger partial charge in [-0.3, -0.25) is 0 Å². The Bertz CT molecular complexity index is 112. The normalized spacial score (nSPS) is 20.1. The number of nitrogens with zero attached hydrogens (tertiary/aromatic N) is 1. The van der Waals surface area contributed by atoms with Gasteiger partial charge in [-0.15, -0.1) is 0 Å². The molecular weight excluding hydrogens is 129 g/mol. The molecule has 0 amide bonds. The molecule has 0 aromatic carbocycles. The minimum Gasteiger partial charge on any atom is -0.550 e. The monoisotopic (exact) mass is 137 g/mol. The first-order valence-corrected chi connectivity index (χ1v) is 2.59. The van der Waals surface area contributed by atoms with Crippen LogP contribution in [0.3, 0.4) is 0 Å². The molecule has 0 bridgehead atoms. The Labute approximate surface area is 76.3 Å². The Hall–Kier alpha value is 0.430. The van der Waals surface area contributed by atoms with Crippen LogP contribution in [0.2, 0.25) is 0 Å². The Kier molecular flexibility index (Phi) is 3.73. The number of aliphatic carboxylic acids is 1. The second kappa shape index (κ2) is 3.56. The van der Waals surface area contributed by atoms with Crippen molar-refractivity contribution in [1.82, 2.24) is 4.90 Å². The third-order valence-corrected chi connectivity index (χ3v) is 1.40. The quantitative estimate of drug-likeness (QED) is 0.341. The van der Waals surface area contributed by atoms with Crippen LogP contribution in [0.4, 0.5) is 0 Å². The Morgan fingerprint density at radius 3 is 2.22 bits per heavy atom. The van der Waals surface area contributed by atoms with Crippen LogP contribution in [0.15, 0.2) is 0 Å². The van der Waals surface area contributed by atoms with Gasteiger partial charge in [0, 0.05) is 25.0 Å². The third kappa shape index (κ3) is 2.26. The van der Waals surface area contributed by atoms with Crippen LogP contribution in [0.1, 0.15) is 0 Å². The number of carbonyl (C=O) groups is 1. The Balaban J connectivity index is 0.000000640. The fraction of sp³-hybridized carbons (Fsp3) is 0.800. The van der Waals surface area contributed by atoms with Crippen molar-refractivity contribution in [2.45, 2.75) is 0 Å². The van der Waals surface area contributed by atoms with E-state index < -0.39 is 5.97 Å². The van der Waals surface area contributed by atoms with Crippen molar-refractivity contribution in [2.75, 3.05) is 20.1 Å². The molecule has 1 aliphatic heterocycles. The maximum atomic E-state index is 9.99. The van der Waals surface area contributed by atoms with Crippen molar-refractivity contribution in [2.24, 2.45) is 5.92 Å². The van der Waals surface area contributed by atoms with Gasteiger partial charge < -0.3 is 14.8 Å². The summed E-state index contributed by atoms with van der Waals surface area (Å²) in [4.78, 5) is 11.9. The van der Waals surface area contributed by atoms with Crippen LogP contribution in [0, 0.1) is 5.92 Å². The summed E-state index contributed by atoms with van der Waals surface area (Å²) in [6.45, 7) is 1.31. The molecule has 1 saturated heterocycles. The molecule has 0 spiro atoms. The largest absolute Gasteiger partial charge is 1.00 e. The summed E-state index contributed by atoms with van der Waals surface area (Å²) < 4.78 is 0. The number of carboxylic acid groups (broad SMARTS) is 1. The van der Waals surface area contributed by atoms with Gasteiger partial charge in [0.2, 0.25) is 0 Å². The second-order valence-corrected chi connectivity index (χ2v) is 2.24. The zero-order valence-electron chi connectivity index (χ0n) is 5.76. The first kappa shape index (κ1) is 9.43. The standard InChI is InChI=1S/C5H9NO2.Na/c1-6-2-4(3-6)5(7)8;/h4H,2-3H2,1H3,(H,7,8);/q;+1/p-1. The molecule has 9 heavy (non-hydrogen) atoms. The van der Waals surface area contributed by atoms with Gasteiger partial charge in [-0.1, -0.05) is 0 Å². The molecule has 0 N–H and O–H groups in total. The van der Waals surface area contributed by atoms with Gasteiger partial charge in [0.25, 0.3) is 0 Å². The van der Waals surface area contributed by atoms with E-state index in [1.807, 2.05) is 11.9 Å². The fourth-order valence-electron chi connectivity index (χ4n) is 0.848. The maximum Gasteiger partial charge on any atom is 1.00 e. The van der Waals surface area contributed by atoms with E-state index in [1.165, 1.54) is 0 Å². The summed E-state index contributed by atoms with van der Waals surface area (Å²) in [6, 6.07) is 0. The van der Waals surface area contributed by atoms with Crippen molar-refractivity contribution < 1.29 is 39.5 Å². The van der Waals surface area contributed by atoms with Gasteiger partial charge >= 0.3 is 29.6 Å². The SMILES string of the molecule is CN1CC(C(=O)[O-])C1.[Na+]. The average molecular weight is 137 g/mol. The smallest absolute Gasteiger partial charge is 0.550 e. The van der Waals surface area contributed by atoms with Crippen molar-refractivity contribution in [3.63, 3.8) is 0 Å². The summed E-state index contributed by atoms with van der Waals surface area (Å²) in [7, 11) is 1.89. The minimum atomic E-state index is -0.914. The summed E-state index contributed by atoms with van der Waals surface area (Å²) in [5.74, 6) is -1.12. The van der Waals surface area contributed by atoms with Crippen LogP contribution in [0.5, 0.6) is 0 Å². The van der Waals surface area contributed by atoms with Crippen molar-refractivity contribution in [3.05, 3.63) is 0 Å². The van der Waals surface area contributed by atoms with E-state index in [0.717, 1.165) is 0 Å². The van der Waals surface area contributed by atoms with E-state index in [2.05, 4.69) is 0 Å². The molecule has 1 fully saturated rings. The Morgan fingerprint density at radius 2 is 2.11 bits per heavy atom. The molecule has 0 aromatic rings. The zero-order valence-corrected chi connectivity index (χ0v) is 7.76. The first-order chi connectivity index (χ1) is 3.70. The summed E-state index contributed by atoms with van der Waals surface area (Å²) >= 11 is 0. The van der Waals surface area contributed by atoms with Crippen molar-refractivity contribution in [1.29, 1.82) is 0 Å². The summed E-state index contributed by atoms with van der Waals surface area (Å²) in [5.41, 5.74) is 0. The van der Waals surface area contributed by atoms with Crippen LogP contribution in [0.25, 0.3) is 0 Å². The third-order valence-electron chi connectivity index (χ3n) is 1.40. The fourth-order valence-corrected chi connectivity index (χ4v) is 0.848. The molecular formula is C5H8NNaO2. The zero-order chi connectivity index (χ0) is 6.15. The van der Waals surface area contributed by atoms with E-state index in [4.69, 9.17) is 0 Å². The van der Waals surface area contributed by atoms with Crippen LogP contribution < -0.4 is 34.7 Å². The van der Waals surface area contributed by atoms with Gasteiger partial charge in [0.05, 0.1) is 0 Å². The topological polar surface area (TPSA) is 43.4 Å². The van der Waals surface area contributed by atoms with Crippen molar-refractivity contribution in [3.8, 4) is 0 Å². The predicted octanol–water partition coefficient (Wildman–Crippen LogP) is -4.70. The molecule has 3 nitrogen and oxygen atoms in total. The number of hydrogen-bond acceptors (Lipinski definition) is 3. The maximum absolute atomic E-state index is 9.99. The first-order valence-electron chi connectivity index (χ1n) is 2.59. The molecule has 0 aromatic heterocycles. The number of carbonyl (C=O) groups excluding carboxylic acids is 1. The van der Waals surface area contributed by atoms with Gasteiger partial charge in [0.15, 0.2) is 0 Å². The molecule has 0 radical (unpaired) electrons. The van der Waals surface area contributed by atoms with E-state index in [1.54, 1.807) is 0 Å². The van der Waals surface area contributed by atoms with E-state index in [0.29, 0.717) is 13.1 Å². The minimum absolute atomic E-state index is 0. The number of likely N-dealkylation sites (tertiary alicyclic amines) is 1. The molecule has 0 atom stereocenters. The van der Waals surface area contributed by atoms with E-state index in [-0.39, 0.29) is 35.5 Å². The van der Waals surface area contributed by atoms with E-state index in [9.17, 15) is 9.90 Å². The van der Waals surface area contributed by atoms with E-state index >= 15 is 0 Å². The molecule has 46 valence electrons. The summed E-state index contributed by atoms with van der Waals surface area (Å²) in [6.07, 6.45) is 0. The van der Waals surface area contributed by atoms with Crippen molar-refractivity contribution >= 4 is 5.97 Å². The Morgan fingerprint density at radius 1 is 1.67 bits per heavy atom. The molecule has 0 aliphatic carbocycles. The number of carboxylic acids is 1. The molecule has 1 aliphatic rings. The van der Waals surface area contributed by atoms with Gasteiger partial charge in [-0.05, 0) is 7.05 Å². The van der Waals surface area contributed by atoms with Gasteiger partial charge in [-0.25, -0.2) is 0 Å². The molecule has 1 rings (SSSR count). The molecule has 0 unspecified atom stereocenters. The summed E-state index contributed by atoms with van der Waals surface area (Å²) in [5, 5.41) is 9.99. The van der Waals surface area contributed by atoms with Gasteiger partial charge in [0.1, 0.15) is 0 Å². The molecule has 1 heterocycles. The van der Waals surface area contributed by atoms with Gasteiger partial charge in [-0.2, -0.15) is 0 Å². The second-order valence-electron chi connectivity index (χ2n) is 2.24. The molecule has 0 saturated carbocycles.